The summed E-state index contributed by atoms with van der Waals surface area (Å²) in [6.07, 6.45) is 70.4. The molecule has 0 aliphatic carbocycles. The lowest BCUT2D eigenvalue weighted by Gasteiger charge is -2.18. The number of hydrogen-bond donors (Lipinski definition) is 0. The van der Waals surface area contributed by atoms with E-state index in [2.05, 4.69) is 93.7 Å². The van der Waals surface area contributed by atoms with Crippen LogP contribution in [0, 0.1) is 0 Å². The molecule has 386 valence electrons. The summed E-state index contributed by atoms with van der Waals surface area (Å²) >= 11 is 0. The Morgan fingerprint density at radius 1 is 0.313 bits per heavy atom. The molecule has 0 rings (SSSR count). The van der Waals surface area contributed by atoms with Crippen molar-refractivity contribution >= 4 is 17.9 Å². The fraction of sp³-hybridized carbons (Fsp3) is 0.754. The van der Waals surface area contributed by atoms with Crippen LogP contribution in [0.2, 0.25) is 0 Å². The van der Waals surface area contributed by atoms with Crippen LogP contribution < -0.4 is 0 Å². The molecule has 0 aliphatic rings. The predicted molar refractivity (Wildman–Crippen MR) is 288 cm³/mol. The highest BCUT2D eigenvalue weighted by molar-refractivity contribution is 5.71. The van der Waals surface area contributed by atoms with Crippen molar-refractivity contribution in [1.29, 1.82) is 0 Å². The standard InChI is InChI=1S/C61H106O6/c1-4-7-10-13-16-19-22-25-27-28-29-30-31-32-34-36-39-42-45-48-51-54-60(63)66-57-58(56-65-59(62)53-50-47-44-41-38-35-24-21-18-15-12-9-6-3)67-61(64)55-52-49-46-43-40-37-33-26-23-20-17-14-11-8-5-2/h8,11,17,20-21,24-27,33,40,43,58H,4-7,9-10,12-16,18-19,22-23,28-32,34-39,41-42,44-57H2,1-3H3/b11-8-,20-17-,24-21-,27-25-,33-26-,43-40-/t58-/m0/s1. The lowest BCUT2D eigenvalue weighted by molar-refractivity contribution is -0.167. The van der Waals surface area contributed by atoms with Gasteiger partial charge in [0.1, 0.15) is 13.2 Å². The van der Waals surface area contributed by atoms with Gasteiger partial charge in [-0.25, -0.2) is 0 Å². The molecule has 0 aliphatic heterocycles. The van der Waals surface area contributed by atoms with Gasteiger partial charge in [-0.05, 0) is 109 Å². The van der Waals surface area contributed by atoms with Crippen molar-refractivity contribution in [1.82, 2.24) is 0 Å². The molecular weight excluding hydrogens is 829 g/mol. The molecule has 0 aromatic carbocycles. The van der Waals surface area contributed by atoms with Crippen molar-refractivity contribution < 1.29 is 28.6 Å². The minimum absolute atomic E-state index is 0.0943. The van der Waals surface area contributed by atoms with Gasteiger partial charge >= 0.3 is 17.9 Å². The van der Waals surface area contributed by atoms with Crippen LogP contribution in [0.3, 0.4) is 0 Å². The first kappa shape index (κ1) is 63.8. The zero-order valence-electron chi connectivity index (χ0n) is 44.2. The maximum atomic E-state index is 12.8. The number of allylic oxidation sites excluding steroid dienone is 12. The SMILES string of the molecule is CC/C=C\C/C=C\C/C=C\C/C=C\CCCCC(=O)O[C@@H](COC(=O)CCCCCCC/C=C\CCCCCC)COC(=O)CCCCCCCCCCCCC/C=C\CCCCCCCC. The number of carbonyl (C=O) groups is 3. The smallest absolute Gasteiger partial charge is 0.306 e. The average molecular weight is 936 g/mol. The molecule has 0 heterocycles. The fourth-order valence-corrected chi connectivity index (χ4v) is 7.89. The molecule has 0 unspecified atom stereocenters. The summed E-state index contributed by atoms with van der Waals surface area (Å²) in [5.41, 5.74) is 0. The summed E-state index contributed by atoms with van der Waals surface area (Å²) in [5.74, 6) is -0.940. The van der Waals surface area contributed by atoms with E-state index in [1.807, 2.05) is 0 Å². The molecule has 1 atom stereocenters. The summed E-state index contributed by atoms with van der Waals surface area (Å²) in [6, 6.07) is 0. The number of esters is 3. The van der Waals surface area contributed by atoms with Crippen LogP contribution in [-0.2, 0) is 28.6 Å². The summed E-state index contributed by atoms with van der Waals surface area (Å²) in [4.78, 5) is 38.1. The second-order valence-electron chi connectivity index (χ2n) is 18.8. The number of rotatable bonds is 51. The van der Waals surface area contributed by atoms with Crippen molar-refractivity contribution in [3.05, 3.63) is 72.9 Å². The summed E-state index contributed by atoms with van der Waals surface area (Å²) in [7, 11) is 0. The Bertz CT molecular complexity index is 1260. The van der Waals surface area contributed by atoms with Crippen LogP contribution in [0.15, 0.2) is 72.9 Å². The lowest BCUT2D eigenvalue weighted by atomic mass is 10.0. The maximum absolute atomic E-state index is 12.8. The Hall–Kier alpha value is -3.15. The third-order valence-corrected chi connectivity index (χ3v) is 12.2. The molecule has 0 fully saturated rings. The van der Waals surface area contributed by atoms with E-state index in [1.165, 1.54) is 148 Å². The topological polar surface area (TPSA) is 78.9 Å². The highest BCUT2D eigenvalue weighted by Crippen LogP contribution is 2.15. The van der Waals surface area contributed by atoms with Gasteiger partial charge in [0, 0.05) is 19.3 Å². The quantitative estimate of drug-likeness (QED) is 0.0262. The van der Waals surface area contributed by atoms with Crippen molar-refractivity contribution in [3.63, 3.8) is 0 Å². The summed E-state index contributed by atoms with van der Waals surface area (Å²) < 4.78 is 16.8. The second kappa shape index (κ2) is 55.4. The van der Waals surface area contributed by atoms with E-state index in [9.17, 15) is 14.4 Å². The first-order valence-electron chi connectivity index (χ1n) is 28.4. The normalized spacial score (nSPS) is 12.6. The molecule has 0 radical (unpaired) electrons. The van der Waals surface area contributed by atoms with E-state index in [0.29, 0.717) is 19.3 Å². The van der Waals surface area contributed by atoms with Crippen LogP contribution in [0.5, 0.6) is 0 Å². The van der Waals surface area contributed by atoms with Gasteiger partial charge in [0.2, 0.25) is 0 Å². The van der Waals surface area contributed by atoms with Crippen LogP contribution in [0.25, 0.3) is 0 Å². The molecule has 0 saturated carbocycles. The van der Waals surface area contributed by atoms with Gasteiger partial charge in [-0.1, -0.05) is 222 Å². The Morgan fingerprint density at radius 3 is 0.970 bits per heavy atom. The zero-order chi connectivity index (χ0) is 48.6. The van der Waals surface area contributed by atoms with Gasteiger partial charge < -0.3 is 14.2 Å². The third-order valence-electron chi connectivity index (χ3n) is 12.2. The number of unbranched alkanes of at least 4 members (excludes halogenated alkanes) is 28. The molecule has 6 heteroatoms. The molecule has 0 aromatic heterocycles. The first-order chi connectivity index (χ1) is 33.0. The van der Waals surface area contributed by atoms with E-state index < -0.39 is 6.10 Å². The largest absolute Gasteiger partial charge is 0.462 e. The minimum atomic E-state index is -0.800. The lowest BCUT2D eigenvalue weighted by Crippen LogP contribution is -2.30. The Labute approximate surface area is 414 Å². The van der Waals surface area contributed by atoms with Crippen molar-refractivity contribution in [3.8, 4) is 0 Å². The van der Waals surface area contributed by atoms with E-state index >= 15 is 0 Å². The van der Waals surface area contributed by atoms with Crippen LogP contribution >= 0.6 is 0 Å². The highest BCUT2D eigenvalue weighted by Gasteiger charge is 2.19. The van der Waals surface area contributed by atoms with Crippen molar-refractivity contribution in [2.45, 2.75) is 284 Å². The molecule has 0 amide bonds. The average Bonchev–Trinajstić information content (AvgIpc) is 3.33. The van der Waals surface area contributed by atoms with Gasteiger partial charge in [-0.2, -0.15) is 0 Å². The van der Waals surface area contributed by atoms with Crippen molar-refractivity contribution in [2.24, 2.45) is 0 Å². The Balaban J connectivity index is 4.38. The van der Waals surface area contributed by atoms with E-state index in [-0.39, 0.29) is 37.5 Å². The Kier molecular flexibility index (Phi) is 52.8. The predicted octanol–water partition coefficient (Wildman–Crippen LogP) is 19.0. The van der Waals surface area contributed by atoms with Crippen LogP contribution in [-0.4, -0.2) is 37.2 Å². The Morgan fingerprint density at radius 2 is 0.582 bits per heavy atom. The number of carbonyl (C=O) groups excluding carboxylic acids is 3. The van der Waals surface area contributed by atoms with Crippen molar-refractivity contribution in [2.75, 3.05) is 13.2 Å². The van der Waals surface area contributed by atoms with Gasteiger partial charge in [-0.3, -0.25) is 14.4 Å². The van der Waals surface area contributed by atoms with Crippen LogP contribution in [0.4, 0.5) is 0 Å². The van der Waals surface area contributed by atoms with E-state index in [0.717, 1.165) is 83.5 Å². The molecular formula is C61H106O6. The molecule has 6 nitrogen and oxygen atoms in total. The molecule has 0 saturated heterocycles. The highest BCUT2D eigenvalue weighted by atomic mass is 16.6. The fourth-order valence-electron chi connectivity index (χ4n) is 7.89. The van der Waals surface area contributed by atoms with Crippen LogP contribution in [0.1, 0.15) is 278 Å². The first-order valence-corrected chi connectivity index (χ1v) is 28.4. The molecule has 0 N–H and O–H groups in total. The van der Waals surface area contributed by atoms with Gasteiger partial charge in [0.05, 0.1) is 0 Å². The van der Waals surface area contributed by atoms with E-state index in [4.69, 9.17) is 14.2 Å². The molecule has 67 heavy (non-hydrogen) atoms. The zero-order valence-corrected chi connectivity index (χ0v) is 44.2. The molecule has 0 spiro atoms. The third kappa shape index (κ3) is 53.7. The molecule has 0 aromatic rings. The van der Waals surface area contributed by atoms with Gasteiger partial charge in [0.25, 0.3) is 0 Å². The second-order valence-corrected chi connectivity index (χ2v) is 18.8. The number of ether oxygens (including phenoxy) is 3. The monoisotopic (exact) mass is 935 g/mol. The summed E-state index contributed by atoms with van der Waals surface area (Å²) in [5, 5.41) is 0. The molecule has 0 bridgehead atoms. The van der Waals surface area contributed by atoms with E-state index in [1.54, 1.807) is 0 Å². The summed E-state index contributed by atoms with van der Waals surface area (Å²) in [6.45, 7) is 6.48. The van der Waals surface area contributed by atoms with Gasteiger partial charge in [-0.15, -0.1) is 0 Å². The van der Waals surface area contributed by atoms with Gasteiger partial charge in [0.15, 0.2) is 6.10 Å². The minimum Gasteiger partial charge on any atom is -0.462 e. The maximum Gasteiger partial charge on any atom is 0.306 e. The number of hydrogen-bond acceptors (Lipinski definition) is 6.